The summed E-state index contributed by atoms with van der Waals surface area (Å²) in [5.41, 5.74) is 2.12. The van der Waals surface area contributed by atoms with E-state index in [1.54, 1.807) is 0 Å². The van der Waals surface area contributed by atoms with Crippen molar-refractivity contribution in [1.82, 2.24) is 0 Å². The second kappa shape index (κ2) is 5.71. The highest BCUT2D eigenvalue weighted by Crippen LogP contribution is 2.33. The standard InChI is InChI=1S/C20H17BrO2S/c1-2-24(22,23)19-8-3-5-13-9-10-15-14-6-4-7-18(21)16(14)11-12-17(15)20(13)19/h2,4-7,9-11,19H,1,3,8,12H2/t19-/m1/s1. The molecule has 122 valence electrons. The van der Waals surface area contributed by atoms with Gasteiger partial charge >= 0.3 is 0 Å². The van der Waals surface area contributed by atoms with Crippen molar-refractivity contribution in [3.8, 4) is 0 Å². The van der Waals surface area contributed by atoms with Crippen molar-refractivity contribution in [3.63, 3.8) is 0 Å². The van der Waals surface area contributed by atoms with Crippen molar-refractivity contribution in [2.75, 3.05) is 0 Å². The number of halogens is 1. The first-order valence-electron chi connectivity index (χ1n) is 8.00. The third kappa shape index (κ3) is 2.32. The van der Waals surface area contributed by atoms with Crippen LogP contribution in [0.15, 0.2) is 46.8 Å². The SMILES string of the molecule is C=CS(=O)(=O)[C@@H]1CCC=c2ccc3c(c21)CC=c1c(Br)cccc1=3. The highest BCUT2D eigenvalue weighted by Gasteiger charge is 2.29. The zero-order chi connectivity index (χ0) is 16.9. The Balaban J connectivity index is 2.18. The largest absolute Gasteiger partial charge is 0.224 e. The molecule has 24 heavy (non-hydrogen) atoms. The molecule has 4 rings (SSSR count). The molecule has 0 saturated heterocycles. The van der Waals surface area contributed by atoms with Crippen LogP contribution in [0.2, 0.25) is 0 Å². The Kier molecular flexibility index (Phi) is 3.77. The molecule has 1 atom stereocenters. The quantitative estimate of drug-likeness (QED) is 0.775. The van der Waals surface area contributed by atoms with E-state index in [1.807, 2.05) is 12.1 Å². The number of sulfone groups is 1. The minimum atomic E-state index is -3.33. The van der Waals surface area contributed by atoms with Crippen molar-refractivity contribution in [2.45, 2.75) is 24.5 Å². The fourth-order valence-electron chi connectivity index (χ4n) is 3.88. The lowest BCUT2D eigenvalue weighted by Crippen LogP contribution is -2.26. The van der Waals surface area contributed by atoms with Crippen LogP contribution in [0.5, 0.6) is 0 Å². The molecule has 0 aromatic heterocycles. The Morgan fingerprint density at radius 3 is 2.75 bits per heavy atom. The van der Waals surface area contributed by atoms with E-state index >= 15 is 0 Å². The molecule has 0 aliphatic heterocycles. The van der Waals surface area contributed by atoms with Crippen molar-refractivity contribution in [2.24, 2.45) is 0 Å². The van der Waals surface area contributed by atoms with Crippen molar-refractivity contribution in [1.29, 1.82) is 0 Å². The second-order valence-electron chi connectivity index (χ2n) is 6.23. The Bertz CT molecular complexity index is 1180. The van der Waals surface area contributed by atoms with Gasteiger partial charge in [0.1, 0.15) is 0 Å². The molecule has 0 radical (unpaired) electrons. The van der Waals surface area contributed by atoms with E-state index in [4.69, 9.17) is 0 Å². The Morgan fingerprint density at radius 2 is 1.96 bits per heavy atom. The molecule has 0 heterocycles. The van der Waals surface area contributed by atoms with Gasteiger partial charge in [-0.2, -0.15) is 0 Å². The summed E-state index contributed by atoms with van der Waals surface area (Å²) in [6.07, 6.45) is 6.51. The van der Waals surface area contributed by atoms with Gasteiger partial charge in [0, 0.05) is 9.88 Å². The molecule has 0 spiro atoms. The predicted octanol–water partition coefficient (Wildman–Crippen LogP) is 3.25. The number of fused-ring (bicyclic) bond motifs is 4. The Labute approximate surface area is 149 Å². The summed E-state index contributed by atoms with van der Waals surface area (Å²) >= 11 is 3.62. The average Bonchev–Trinajstić information content (AvgIpc) is 2.60. The third-order valence-corrected chi connectivity index (χ3v) is 7.41. The first-order valence-corrected chi connectivity index (χ1v) is 10.4. The summed E-state index contributed by atoms with van der Waals surface area (Å²) in [6.45, 7) is 3.53. The molecule has 0 N–H and O–H groups in total. The van der Waals surface area contributed by atoms with E-state index in [9.17, 15) is 8.42 Å². The van der Waals surface area contributed by atoms with Crippen LogP contribution in [-0.4, -0.2) is 8.42 Å². The van der Waals surface area contributed by atoms with Gasteiger partial charge < -0.3 is 0 Å². The van der Waals surface area contributed by atoms with Crippen LogP contribution < -0.4 is 10.4 Å². The lowest BCUT2D eigenvalue weighted by molar-refractivity contribution is 0.583. The molecular weight excluding hydrogens is 384 g/mol. The summed E-state index contributed by atoms with van der Waals surface area (Å²) in [5, 5.41) is 5.19. The maximum absolute atomic E-state index is 12.6. The van der Waals surface area contributed by atoms with Gasteiger partial charge in [-0.05, 0) is 57.3 Å². The van der Waals surface area contributed by atoms with Crippen LogP contribution in [0.1, 0.15) is 29.2 Å². The summed E-state index contributed by atoms with van der Waals surface area (Å²) in [6, 6.07) is 10.4. The predicted molar refractivity (Wildman–Crippen MR) is 101 cm³/mol. The van der Waals surface area contributed by atoms with Crippen LogP contribution >= 0.6 is 15.9 Å². The summed E-state index contributed by atoms with van der Waals surface area (Å²) in [5.74, 6) is 0. The van der Waals surface area contributed by atoms with Crippen LogP contribution in [0.3, 0.4) is 0 Å². The molecule has 2 aromatic carbocycles. The lowest BCUT2D eigenvalue weighted by atomic mass is 9.88. The molecule has 0 unspecified atom stereocenters. The van der Waals surface area contributed by atoms with Gasteiger partial charge in [0.15, 0.2) is 9.84 Å². The Hall–Kier alpha value is -1.65. The molecule has 0 amide bonds. The molecule has 0 fully saturated rings. The maximum Gasteiger partial charge on any atom is 0.178 e. The van der Waals surface area contributed by atoms with E-state index in [1.165, 1.54) is 5.22 Å². The van der Waals surface area contributed by atoms with E-state index in [-0.39, 0.29) is 0 Å². The first kappa shape index (κ1) is 15.9. The van der Waals surface area contributed by atoms with Crippen molar-refractivity contribution < 1.29 is 8.42 Å². The Morgan fingerprint density at radius 1 is 1.12 bits per heavy atom. The monoisotopic (exact) mass is 400 g/mol. The van der Waals surface area contributed by atoms with E-state index < -0.39 is 15.1 Å². The highest BCUT2D eigenvalue weighted by atomic mass is 79.9. The molecule has 0 bridgehead atoms. The van der Waals surface area contributed by atoms with E-state index in [0.29, 0.717) is 6.42 Å². The summed E-state index contributed by atoms with van der Waals surface area (Å²) in [7, 11) is -3.33. The van der Waals surface area contributed by atoms with Crippen LogP contribution in [-0.2, 0) is 16.3 Å². The minimum absolute atomic E-state index is 0.480. The van der Waals surface area contributed by atoms with Gasteiger partial charge in [0.25, 0.3) is 0 Å². The van der Waals surface area contributed by atoms with Gasteiger partial charge in [-0.1, -0.05) is 58.9 Å². The zero-order valence-electron chi connectivity index (χ0n) is 13.1. The van der Waals surface area contributed by atoms with Gasteiger partial charge in [-0.3, -0.25) is 0 Å². The molecule has 2 aliphatic carbocycles. The zero-order valence-corrected chi connectivity index (χ0v) is 15.5. The fraction of sp³-hybridized carbons (Fsp3) is 0.200. The van der Waals surface area contributed by atoms with E-state index in [2.05, 4.69) is 52.9 Å². The second-order valence-corrected chi connectivity index (χ2v) is 9.16. The fourth-order valence-corrected chi connectivity index (χ4v) is 5.71. The van der Waals surface area contributed by atoms with Gasteiger partial charge in [0.2, 0.25) is 0 Å². The van der Waals surface area contributed by atoms with Gasteiger partial charge in [-0.15, -0.1) is 0 Å². The molecule has 2 aromatic rings. The summed E-state index contributed by atoms with van der Waals surface area (Å²) in [4.78, 5) is 0. The topological polar surface area (TPSA) is 34.1 Å². The summed E-state index contributed by atoms with van der Waals surface area (Å²) < 4.78 is 26.2. The highest BCUT2D eigenvalue weighted by molar-refractivity contribution is 9.10. The normalized spacial score (nSPS) is 18.5. The van der Waals surface area contributed by atoms with Crippen LogP contribution in [0.4, 0.5) is 0 Å². The number of benzene rings is 2. The number of hydrogen-bond donors (Lipinski definition) is 0. The average molecular weight is 401 g/mol. The van der Waals surface area contributed by atoms with Crippen LogP contribution in [0.25, 0.3) is 12.2 Å². The van der Waals surface area contributed by atoms with Gasteiger partial charge in [0.05, 0.1) is 5.25 Å². The molecule has 4 heteroatoms. The maximum atomic E-state index is 12.6. The number of rotatable bonds is 2. The number of hydrogen-bond acceptors (Lipinski definition) is 2. The smallest absolute Gasteiger partial charge is 0.178 e. The van der Waals surface area contributed by atoms with Crippen molar-refractivity contribution >= 4 is 37.9 Å². The van der Waals surface area contributed by atoms with Crippen molar-refractivity contribution in [3.05, 3.63) is 78.8 Å². The van der Waals surface area contributed by atoms with Crippen LogP contribution in [0, 0.1) is 10.4 Å². The first-order chi connectivity index (χ1) is 11.5. The van der Waals surface area contributed by atoms with E-state index in [0.717, 1.165) is 49.5 Å². The molecule has 0 saturated carbocycles. The lowest BCUT2D eigenvalue weighted by Gasteiger charge is -2.24. The minimum Gasteiger partial charge on any atom is -0.224 e. The molecule has 2 nitrogen and oxygen atoms in total. The van der Waals surface area contributed by atoms with Gasteiger partial charge in [-0.25, -0.2) is 8.42 Å². The molecule has 2 aliphatic rings. The molecular formula is C20H17BrO2S. The third-order valence-electron chi connectivity index (χ3n) is 4.99.